The van der Waals surface area contributed by atoms with Crippen molar-refractivity contribution in [2.75, 3.05) is 6.54 Å². The van der Waals surface area contributed by atoms with Crippen LogP contribution in [0.5, 0.6) is 5.75 Å². The zero-order valence-corrected chi connectivity index (χ0v) is 19.1. The van der Waals surface area contributed by atoms with Crippen molar-refractivity contribution in [1.82, 2.24) is 10.0 Å². The Morgan fingerprint density at radius 3 is 2.31 bits per heavy atom. The van der Waals surface area contributed by atoms with Crippen LogP contribution in [-0.2, 0) is 28.0 Å². The van der Waals surface area contributed by atoms with Gasteiger partial charge in [0.25, 0.3) is 0 Å². The van der Waals surface area contributed by atoms with Crippen LogP contribution in [0, 0.1) is 13.8 Å². The minimum absolute atomic E-state index is 0.0390. The van der Waals surface area contributed by atoms with Gasteiger partial charge in [0.15, 0.2) is 0 Å². The molecule has 0 aromatic heterocycles. The zero-order valence-electron chi connectivity index (χ0n) is 18.3. The number of carbonyl (C=O) groups excluding carboxylic acids is 1. The summed E-state index contributed by atoms with van der Waals surface area (Å²) >= 11 is 0. The molecule has 0 atom stereocenters. The number of ether oxygens (including phenoxy) is 1. The molecular formula is C25H28N2O4S. The molecule has 0 radical (unpaired) electrons. The molecule has 0 aliphatic rings. The summed E-state index contributed by atoms with van der Waals surface area (Å²) in [5.74, 6) is 0.599. The van der Waals surface area contributed by atoms with Gasteiger partial charge in [0.05, 0.1) is 4.90 Å². The van der Waals surface area contributed by atoms with Crippen molar-refractivity contribution in [2.24, 2.45) is 0 Å². The molecule has 3 aromatic rings. The van der Waals surface area contributed by atoms with Crippen molar-refractivity contribution >= 4 is 15.9 Å². The van der Waals surface area contributed by atoms with E-state index in [9.17, 15) is 13.2 Å². The van der Waals surface area contributed by atoms with Gasteiger partial charge in [-0.05, 0) is 54.3 Å². The average Bonchev–Trinajstić information content (AvgIpc) is 2.79. The smallest absolute Gasteiger partial charge is 0.240 e. The van der Waals surface area contributed by atoms with Crippen molar-refractivity contribution in [3.8, 4) is 5.75 Å². The summed E-state index contributed by atoms with van der Waals surface area (Å²) in [4.78, 5) is 12.4. The molecule has 0 fully saturated rings. The molecule has 3 aromatic carbocycles. The lowest BCUT2D eigenvalue weighted by Crippen LogP contribution is -2.31. The largest absolute Gasteiger partial charge is 0.489 e. The average molecular weight is 453 g/mol. The molecule has 0 aliphatic heterocycles. The number of benzene rings is 3. The van der Waals surface area contributed by atoms with E-state index in [1.807, 2.05) is 67.6 Å². The fourth-order valence-corrected chi connectivity index (χ4v) is 4.46. The van der Waals surface area contributed by atoms with Gasteiger partial charge in [-0.2, -0.15) is 0 Å². The molecule has 0 aliphatic carbocycles. The van der Waals surface area contributed by atoms with E-state index in [4.69, 9.17) is 4.74 Å². The van der Waals surface area contributed by atoms with E-state index in [1.54, 1.807) is 19.1 Å². The number of amides is 1. The molecule has 0 spiro atoms. The number of aryl methyl sites for hydroxylation is 2. The number of sulfonamides is 1. The number of carbonyl (C=O) groups is 1. The van der Waals surface area contributed by atoms with E-state index in [-0.39, 0.29) is 23.8 Å². The van der Waals surface area contributed by atoms with E-state index in [0.29, 0.717) is 18.7 Å². The number of hydrogen-bond acceptors (Lipinski definition) is 4. The van der Waals surface area contributed by atoms with Crippen LogP contribution in [0.15, 0.2) is 77.7 Å². The van der Waals surface area contributed by atoms with Crippen LogP contribution in [0.4, 0.5) is 0 Å². The molecule has 32 heavy (non-hydrogen) atoms. The van der Waals surface area contributed by atoms with Crippen molar-refractivity contribution in [1.29, 1.82) is 0 Å². The van der Waals surface area contributed by atoms with Gasteiger partial charge in [0.1, 0.15) is 12.4 Å². The molecule has 168 valence electrons. The maximum Gasteiger partial charge on any atom is 0.240 e. The normalized spacial score (nSPS) is 11.2. The predicted molar refractivity (Wildman–Crippen MR) is 125 cm³/mol. The van der Waals surface area contributed by atoms with E-state index in [0.717, 1.165) is 22.4 Å². The lowest BCUT2D eigenvalue weighted by atomic mass is 10.1. The Labute approximate surface area is 189 Å². The van der Waals surface area contributed by atoms with Crippen molar-refractivity contribution in [3.63, 3.8) is 0 Å². The highest BCUT2D eigenvalue weighted by atomic mass is 32.2. The van der Waals surface area contributed by atoms with Crippen LogP contribution < -0.4 is 14.8 Å². The van der Waals surface area contributed by atoms with Gasteiger partial charge < -0.3 is 10.1 Å². The van der Waals surface area contributed by atoms with Crippen LogP contribution in [0.1, 0.15) is 28.7 Å². The van der Waals surface area contributed by atoms with Gasteiger partial charge in [0, 0.05) is 19.5 Å². The molecule has 0 bridgehead atoms. The monoisotopic (exact) mass is 452 g/mol. The summed E-state index contributed by atoms with van der Waals surface area (Å²) in [6.45, 7) is 4.48. The van der Waals surface area contributed by atoms with Crippen molar-refractivity contribution in [2.45, 2.75) is 38.3 Å². The first-order chi connectivity index (χ1) is 15.3. The summed E-state index contributed by atoms with van der Waals surface area (Å²) in [6.07, 6.45) is 0.0626. The molecule has 0 heterocycles. The maximum absolute atomic E-state index is 12.5. The van der Waals surface area contributed by atoms with Gasteiger partial charge >= 0.3 is 0 Å². The van der Waals surface area contributed by atoms with Gasteiger partial charge in [-0.1, -0.05) is 54.6 Å². The van der Waals surface area contributed by atoms with E-state index in [1.165, 1.54) is 0 Å². The van der Waals surface area contributed by atoms with Crippen LogP contribution in [0.2, 0.25) is 0 Å². The molecule has 0 saturated carbocycles. The second kappa shape index (κ2) is 10.9. The molecule has 0 saturated heterocycles. The summed E-state index contributed by atoms with van der Waals surface area (Å²) in [5.41, 5.74) is 3.53. The van der Waals surface area contributed by atoms with Crippen molar-refractivity contribution < 1.29 is 17.9 Å². The topological polar surface area (TPSA) is 84.5 Å². The van der Waals surface area contributed by atoms with E-state index >= 15 is 0 Å². The SMILES string of the molecule is Cc1ccc(C)c(S(=O)(=O)NCCC(=O)NCc2ccc(COc3ccccc3)cc2)c1. The summed E-state index contributed by atoms with van der Waals surface area (Å²) in [5, 5.41) is 2.82. The summed E-state index contributed by atoms with van der Waals surface area (Å²) in [7, 11) is -3.65. The second-order valence-electron chi connectivity index (χ2n) is 7.61. The number of rotatable bonds is 10. The first-order valence-electron chi connectivity index (χ1n) is 10.4. The Hall–Kier alpha value is -3.16. The fourth-order valence-electron chi connectivity index (χ4n) is 3.10. The molecule has 2 N–H and O–H groups in total. The molecule has 7 heteroatoms. The Kier molecular flexibility index (Phi) is 8.03. The third-order valence-corrected chi connectivity index (χ3v) is 6.54. The number of hydrogen-bond donors (Lipinski definition) is 2. The van der Waals surface area contributed by atoms with Crippen molar-refractivity contribution in [3.05, 3.63) is 95.1 Å². The Morgan fingerprint density at radius 2 is 1.59 bits per heavy atom. The first-order valence-corrected chi connectivity index (χ1v) is 11.9. The summed E-state index contributed by atoms with van der Waals surface area (Å²) in [6, 6.07) is 22.7. The highest BCUT2D eigenvalue weighted by Crippen LogP contribution is 2.16. The van der Waals surface area contributed by atoms with Crippen LogP contribution >= 0.6 is 0 Å². The standard InChI is InChI=1S/C25H28N2O4S/c1-19-8-9-20(2)24(16-19)32(29,30)27-15-14-25(28)26-17-21-10-12-22(13-11-21)18-31-23-6-4-3-5-7-23/h3-13,16,27H,14-15,17-18H2,1-2H3,(H,26,28). The summed E-state index contributed by atoms with van der Waals surface area (Å²) < 4.78 is 33.2. The Balaban J connectivity index is 1.41. The van der Waals surface area contributed by atoms with Gasteiger partial charge in [-0.15, -0.1) is 0 Å². The van der Waals surface area contributed by atoms with Crippen LogP contribution in [-0.4, -0.2) is 20.9 Å². The highest BCUT2D eigenvalue weighted by Gasteiger charge is 2.17. The third kappa shape index (κ3) is 6.93. The maximum atomic E-state index is 12.5. The Bertz CT molecular complexity index is 1140. The molecule has 3 rings (SSSR count). The van der Waals surface area contributed by atoms with Gasteiger partial charge in [0.2, 0.25) is 15.9 Å². The van der Waals surface area contributed by atoms with Crippen LogP contribution in [0.25, 0.3) is 0 Å². The minimum Gasteiger partial charge on any atom is -0.489 e. The van der Waals surface area contributed by atoms with Crippen LogP contribution in [0.3, 0.4) is 0 Å². The van der Waals surface area contributed by atoms with E-state index < -0.39 is 10.0 Å². The molecule has 6 nitrogen and oxygen atoms in total. The Morgan fingerprint density at radius 1 is 0.906 bits per heavy atom. The van der Waals surface area contributed by atoms with E-state index in [2.05, 4.69) is 10.0 Å². The first kappa shape index (κ1) is 23.5. The van der Waals surface area contributed by atoms with Gasteiger partial charge in [-0.25, -0.2) is 13.1 Å². The lowest BCUT2D eigenvalue weighted by Gasteiger charge is -2.11. The second-order valence-corrected chi connectivity index (χ2v) is 9.35. The minimum atomic E-state index is -3.65. The predicted octanol–water partition coefficient (Wildman–Crippen LogP) is 3.87. The lowest BCUT2D eigenvalue weighted by molar-refractivity contribution is -0.121. The number of para-hydroxylation sites is 1. The molecular weight excluding hydrogens is 424 g/mol. The molecule has 0 unspecified atom stereocenters. The molecule has 1 amide bonds. The quantitative estimate of drug-likeness (QED) is 0.489. The zero-order chi connectivity index (χ0) is 23.0. The number of nitrogens with one attached hydrogen (secondary N) is 2. The highest BCUT2D eigenvalue weighted by molar-refractivity contribution is 7.89. The fraction of sp³-hybridized carbons (Fsp3) is 0.240. The third-order valence-electron chi connectivity index (χ3n) is 4.94. The van der Waals surface area contributed by atoms with Gasteiger partial charge in [-0.3, -0.25) is 4.79 Å².